The predicted molar refractivity (Wildman–Crippen MR) is 81.2 cm³/mol. The molecule has 0 saturated heterocycles. The second kappa shape index (κ2) is 7.40. The second-order valence-electron chi connectivity index (χ2n) is 5.34. The van der Waals surface area contributed by atoms with Crippen molar-refractivity contribution in [3.8, 4) is 0 Å². The number of nitro groups is 1. The Balaban J connectivity index is 1.79. The molecular weight excluding hydrogens is 290 g/mol. The van der Waals surface area contributed by atoms with Crippen LogP contribution in [0.1, 0.15) is 32.6 Å². The van der Waals surface area contributed by atoms with Gasteiger partial charge in [-0.1, -0.05) is 31.5 Å². The zero-order chi connectivity index (χ0) is 15.2. The zero-order valence-electron chi connectivity index (χ0n) is 11.9. The quantitative estimate of drug-likeness (QED) is 0.513. The number of carbonyl (C=O) groups is 1. The van der Waals surface area contributed by atoms with Crippen LogP contribution in [0.5, 0.6) is 0 Å². The number of hydrogen-bond donors (Lipinski definition) is 1. The van der Waals surface area contributed by atoms with Crippen LogP contribution in [-0.2, 0) is 4.79 Å². The van der Waals surface area contributed by atoms with Crippen LogP contribution in [0.15, 0.2) is 23.4 Å². The molecule has 1 saturated carbocycles. The minimum Gasteiger partial charge on any atom is -0.352 e. The number of aromatic nitrogens is 1. The summed E-state index contributed by atoms with van der Waals surface area (Å²) in [6.45, 7) is 2.18. The molecule has 2 atom stereocenters. The molecule has 1 N–H and O–H groups in total. The summed E-state index contributed by atoms with van der Waals surface area (Å²) in [5, 5.41) is 14.2. The van der Waals surface area contributed by atoms with Gasteiger partial charge in [-0.15, -0.1) is 0 Å². The molecule has 1 aromatic heterocycles. The van der Waals surface area contributed by atoms with Crippen LogP contribution < -0.4 is 5.32 Å². The van der Waals surface area contributed by atoms with Crippen molar-refractivity contribution in [3.63, 3.8) is 0 Å². The first-order chi connectivity index (χ1) is 10.1. The van der Waals surface area contributed by atoms with Crippen molar-refractivity contribution in [2.24, 2.45) is 5.92 Å². The molecule has 1 fully saturated rings. The molecule has 7 heteroatoms. The Morgan fingerprint density at radius 1 is 1.48 bits per heavy atom. The first-order valence-electron chi connectivity index (χ1n) is 7.09. The fourth-order valence-corrected chi connectivity index (χ4v) is 3.14. The van der Waals surface area contributed by atoms with E-state index in [0.717, 1.165) is 6.42 Å². The Hall–Kier alpha value is -1.63. The molecule has 2 rings (SSSR count). The van der Waals surface area contributed by atoms with Gasteiger partial charge in [-0.25, -0.2) is 4.98 Å². The number of nitrogens with zero attached hydrogens (tertiary/aromatic N) is 2. The number of thioether (sulfide) groups is 1. The van der Waals surface area contributed by atoms with Gasteiger partial charge in [0.05, 0.1) is 15.7 Å². The lowest BCUT2D eigenvalue weighted by Gasteiger charge is -2.29. The summed E-state index contributed by atoms with van der Waals surface area (Å²) in [6, 6.07) is 3.24. The van der Waals surface area contributed by atoms with E-state index in [0.29, 0.717) is 10.9 Å². The van der Waals surface area contributed by atoms with Gasteiger partial charge < -0.3 is 5.32 Å². The monoisotopic (exact) mass is 309 g/mol. The Labute approximate surface area is 127 Å². The van der Waals surface area contributed by atoms with E-state index in [1.165, 1.54) is 43.3 Å². The van der Waals surface area contributed by atoms with E-state index in [4.69, 9.17) is 0 Å². The molecule has 21 heavy (non-hydrogen) atoms. The summed E-state index contributed by atoms with van der Waals surface area (Å²) in [7, 11) is 0. The maximum absolute atomic E-state index is 11.9. The van der Waals surface area contributed by atoms with Crippen LogP contribution in [0.25, 0.3) is 0 Å². The lowest BCUT2D eigenvalue weighted by molar-refractivity contribution is -0.385. The molecule has 0 radical (unpaired) electrons. The molecule has 1 amide bonds. The number of pyridine rings is 1. The van der Waals surface area contributed by atoms with Crippen LogP contribution in [0.2, 0.25) is 0 Å². The smallest absolute Gasteiger partial charge is 0.287 e. The Morgan fingerprint density at radius 2 is 2.24 bits per heavy atom. The van der Waals surface area contributed by atoms with Crippen LogP contribution >= 0.6 is 11.8 Å². The van der Waals surface area contributed by atoms with Crippen LogP contribution in [-0.4, -0.2) is 27.6 Å². The summed E-state index contributed by atoms with van der Waals surface area (Å²) in [6.07, 6.45) is 5.85. The van der Waals surface area contributed by atoms with Crippen LogP contribution in [0, 0.1) is 16.0 Å². The van der Waals surface area contributed by atoms with Crippen molar-refractivity contribution in [3.05, 3.63) is 28.4 Å². The molecule has 0 bridgehead atoms. The Bertz CT molecular complexity index is 507. The lowest BCUT2D eigenvalue weighted by atomic mass is 9.86. The van der Waals surface area contributed by atoms with Gasteiger partial charge in [-0.2, -0.15) is 0 Å². The van der Waals surface area contributed by atoms with Gasteiger partial charge in [0.15, 0.2) is 0 Å². The van der Waals surface area contributed by atoms with Gasteiger partial charge in [-0.05, 0) is 24.8 Å². The maximum atomic E-state index is 11.9. The van der Waals surface area contributed by atoms with E-state index in [2.05, 4.69) is 17.2 Å². The number of carbonyl (C=O) groups excluding carboxylic acids is 1. The number of hydrogen-bond acceptors (Lipinski definition) is 5. The average molecular weight is 309 g/mol. The van der Waals surface area contributed by atoms with Crippen molar-refractivity contribution in [1.82, 2.24) is 10.3 Å². The fourth-order valence-electron chi connectivity index (χ4n) is 2.48. The number of nitrogens with one attached hydrogen (secondary N) is 1. The minimum absolute atomic E-state index is 0.00102. The number of rotatable bonds is 5. The predicted octanol–water partition coefficient (Wildman–Crippen LogP) is 2.78. The summed E-state index contributed by atoms with van der Waals surface area (Å²) < 4.78 is 0. The molecular formula is C14H19N3O3S. The summed E-state index contributed by atoms with van der Waals surface area (Å²) in [5.74, 6) is 0.817. The first kappa shape index (κ1) is 15.8. The Morgan fingerprint density at radius 3 is 2.86 bits per heavy atom. The molecule has 114 valence electrons. The third-order valence-electron chi connectivity index (χ3n) is 3.74. The van der Waals surface area contributed by atoms with Crippen molar-refractivity contribution < 1.29 is 9.72 Å². The van der Waals surface area contributed by atoms with Crippen molar-refractivity contribution in [1.29, 1.82) is 0 Å². The first-order valence-corrected chi connectivity index (χ1v) is 8.07. The van der Waals surface area contributed by atoms with E-state index in [-0.39, 0.29) is 23.4 Å². The summed E-state index contributed by atoms with van der Waals surface area (Å²) in [5.41, 5.74) is -0.0418. The van der Waals surface area contributed by atoms with E-state index in [1.807, 2.05) is 0 Å². The molecule has 0 spiro atoms. The van der Waals surface area contributed by atoms with Gasteiger partial charge in [0.25, 0.3) is 5.69 Å². The fraction of sp³-hybridized carbons (Fsp3) is 0.571. The standard InChI is InChI=1S/C14H19N3O3S/c1-10-4-2-3-5-12(10)16-13(18)9-21-14-7-6-11(8-15-14)17(19)20/h6-8,10,12H,2-5,9H2,1H3,(H,16,18)/t10-,12-/m0/s1. The zero-order valence-corrected chi connectivity index (χ0v) is 12.8. The molecule has 6 nitrogen and oxygen atoms in total. The van der Waals surface area contributed by atoms with Crippen LogP contribution in [0.4, 0.5) is 5.69 Å². The highest BCUT2D eigenvalue weighted by molar-refractivity contribution is 7.99. The molecule has 1 aliphatic carbocycles. The highest BCUT2D eigenvalue weighted by Crippen LogP contribution is 2.24. The van der Waals surface area contributed by atoms with E-state index in [9.17, 15) is 14.9 Å². The average Bonchev–Trinajstić information content (AvgIpc) is 2.48. The Kier molecular flexibility index (Phi) is 5.55. The lowest BCUT2D eigenvalue weighted by Crippen LogP contribution is -2.41. The van der Waals surface area contributed by atoms with E-state index in [1.54, 1.807) is 6.07 Å². The highest BCUT2D eigenvalue weighted by Gasteiger charge is 2.22. The van der Waals surface area contributed by atoms with Gasteiger partial charge in [0, 0.05) is 12.1 Å². The van der Waals surface area contributed by atoms with Gasteiger partial charge in [-0.3, -0.25) is 14.9 Å². The second-order valence-corrected chi connectivity index (χ2v) is 6.33. The highest BCUT2D eigenvalue weighted by atomic mass is 32.2. The van der Waals surface area contributed by atoms with Crippen molar-refractivity contribution in [2.75, 3.05) is 5.75 Å². The number of amides is 1. The van der Waals surface area contributed by atoms with Gasteiger partial charge >= 0.3 is 0 Å². The van der Waals surface area contributed by atoms with E-state index < -0.39 is 4.92 Å². The SMILES string of the molecule is C[C@H]1CCCC[C@@H]1NC(=O)CSc1ccc([N+](=O)[O-])cn1. The maximum Gasteiger partial charge on any atom is 0.287 e. The summed E-state index contributed by atoms with van der Waals surface area (Å²) in [4.78, 5) is 25.9. The summed E-state index contributed by atoms with van der Waals surface area (Å²) >= 11 is 1.29. The van der Waals surface area contributed by atoms with Crippen molar-refractivity contribution in [2.45, 2.75) is 43.7 Å². The third-order valence-corrected chi connectivity index (χ3v) is 4.68. The van der Waals surface area contributed by atoms with Crippen molar-refractivity contribution >= 4 is 23.4 Å². The molecule has 0 unspecified atom stereocenters. The molecule has 1 heterocycles. The van der Waals surface area contributed by atoms with Crippen LogP contribution in [0.3, 0.4) is 0 Å². The van der Waals surface area contributed by atoms with E-state index >= 15 is 0 Å². The normalized spacial score (nSPS) is 21.8. The van der Waals surface area contributed by atoms with Gasteiger partial charge in [0.2, 0.25) is 5.91 Å². The molecule has 0 aliphatic heterocycles. The molecule has 1 aliphatic rings. The minimum atomic E-state index is -0.487. The topological polar surface area (TPSA) is 85.1 Å². The molecule has 0 aromatic carbocycles. The third kappa shape index (κ3) is 4.70. The molecule has 1 aromatic rings. The largest absolute Gasteiger partial charge is 0.352 e. The van der Waals surface area contributed by atoms with Gasteiger partial charge in [0.1, 0.15) is 6.20 Å².